The Bertz CT molecular complexity index is 932. The first-order valence-corrected chi connectivity index (χ1v) is 9.44. The lowest BCUT2D eigenvalue weighted by Crippen LogP contribution is -2.40. The van der Waals surface area contributed by atoms with E-state index in [2.05, 4.69) is 10.1 Å². The van der Waals surface area contributed by atoms with Gasteiger partial charge in [-0.1, -0.05) is 23.7 Å². The van der Waals surface area contributed by atoms with Crippen molar-refractivity contribution in [1.82, 2.24) is 19.7 Å². The van der Waals surface area contributed by atoms with E-state index >= 15 is 0 Å². The van der Waals surface area contributed by atoms with Gasteiger partial charge in [0.25, 0.3) is 5.91 Å². The Morgan fingerprint density at radius 1 is 1.30 bits per heavy atom. The Morgan fingerprint density at radius 3 is 2.85 bits per heavy atom. The number of piperidine rings is 1. The van der Waals surface area contributed by atoms with Crippen LogP contribution in [0.15, 0.2) is 47.1 Å². The van der Waals surface area contributed by atoms with Crippen molar-refractivity contribution in [3.63, 3.8) is 0 Å². The Kier molecular flexibility index (Phi) is 4.99. The summed E-state index contributed by atoms with van der Waals surface area (Å²) >= 11 is 5.93. The van der Waals surface area contributed by atoms with Crippen LogP contribution in [0.25, 0.3) is 0 Å². The Morgan fingerprint density at radius 2 is 2.11 bits per heavy atom. The van der Waals surface area contributed by atoms with Gasteiger partial charge in [0.2, 0.25) is 0 Å². The number of amides is 1. The van der Waals surface area contributed by atoms with Gasteiger partial charge in [-0.05, 0) is 36.6 Å². The van der Waals surface area contributed by atoms with E-state index in [0.717, 1.165) is 35.7 Å². The molecule has 27 heavy (non-hydrogen) atoms. The summed E-state index contributed by atoms with van der Waals surface area (Å²) in [6.45, 7) is 1.36. The molecule has 3 aromatic rings. The van der Waals surface area contributed by atoms with Gasteiger partial charge in [0.05, 0.1) is 12.1 Å². The van der Waals surface area contributed by atoms with E-state index in [4.69, 9.17) is 16.0 Å². The molecule has 0 aliphatic carbocycles. The van der Waals surface area contributed by atoms with Crippen molar-refractivity contribution >= 4 is 17.5 Å². The molecule has 1 fully saturated rings. The summed E-state index contributed by atoms with van der Waals surface area (Å²) in [5.41, 5.74) is 1.73. The van der Waals surface area contributed by atoms with Gasteiger partial charge >= 0.3 is 0 Å². The summed E-state index contributed by atoms with van der Waals surface area (Å²) in [6.07, 6.45) is 6.01. The number of likely N-dealkylation sites (tertiary alicyclic amines) is 1. The molecule has 4 rings (SSSR count). The van der Waals surface area contributed by atoms with Gasteiger partial charge in [0, 0.05) is 37.8 Å². The van der Waals surface area contributed by atoms with Crippen molar-refractivity contribution in [2.24, 2.45) is 7.05 Å². The van der Waals surface area contributed by atoms with E-state index in [9.17, 15) is 4.79 Å². The smallest absolute Gasteiger partial charge is 0.272 e. The largest absolute Gasteiger partial charge is 0.445 e. The second-order valence-electron chi connectivity index (χ2n) is 6.90. The van der Waals surface area contributed by atoms with Crippen LogP contribution in [0.2, 0.25) is 5.02 Å². The highest BCUT2D eigenvalue weighted by molar-refractivity contribution is 6.30. The quantitative estimate of drug-likeness (QED) is 0.688. The van der Waals surface area contributed by atoms with E-state index < -0.39 is 0 Å². The molecule has 0 bridgehead atoms. The van der Waals surface area contributed by atoms with Crippen LogP contribution >= 0.6 is 11.6 Å². The molecule has 7 heteroatoms. The number of carbonyl (C=O) groups is 1. The first-order chi connectivity index (χ1) is 13.1. The van der Waals surface area contributed by atoms with Crippen molar-refractivity contribution in [1.29, 1.82) is 0 Å². The lowest BCUT2D eigenvalue weighted by molar-refractivity contribution is 0.0686. The number of oxazole rings is 1. The zero-order valence-corrected chi connectivity index (χ0v) is 15.9. The lowest BCUT2D eigenvalue weighted by Gasteiger charge is -2.31. The molecule has 1 aromatic carbocycles. The minimum Gasteiger partial charge on any atom is -0.445 e. The van der Waals surface area contributed by atoms with Crippen LogP contribution in [0.5, 0.6) is 0 Å². The fourth-order valence-corrected chi connectivity index (χ4v) is 3.63. The number of aryl methyl sites for hydroxylation is 1. The number of benzene rings is 1. The van der Waals surface area contributed by atoms with Gasteiger partial charge in [0.15, 0.2) is 5.89 Å². The van der Waals surface area contributed by atoms with Crippen molar-refractivity contribution in [2.75, 3.05) is 13.1 Å². The average Bonchev–Trinajstić information content (AvgIpc) is 3.32. The predicted octanol–water partition coefficient (Wildman–Crippen LogP) is 3.67. The molecule has 1 aliphatic rings. The molecule has 0 saturated carbocycles. The normalized spacial score (nSPS) is 17.3. The van der Waals surface area contributed by atoms with Gasteiger partial charge < -0.3 is 9.32 Å². The second-order valence-corrected chi connectivity index (χ2v) is 7.33. The number of halogens is 1. The number of carbonyl (C=O) groups excluding carboxylic acids is 1. The summed E-state index contributed by atoms with van der Waals surface area (Å²) in [5.74, 6) is 1.66. The zero-order valence-electron chi connectivity index (χ0n) is 15.1. The first kappa shape index (κ1) is 17.8. The molecule has 0 radical (unpaired) electrons. The van der Waals surface area contributed by atoms with Gasteiger partial charge in [-0.3, -0.25) is 9.48 Å². The summed E-state index contributed by atoms with van der Waals surface area (Å²) in [7, 11) is 1.78. The van der Waals surface area contributed by atoms with Crippen molar-refractivity contribution in [3.05, 3.63) is 70.7 Å². The Labute approximate surface area is 162 Å². The van der Waals surface area contributed by atoms with Crippen LogP contribution in [0.4, 0.5) is 0 Å². The molecular formula is C20H21ClN4O2. The maximum Gasteiger partial charge on any atom is 0.272 e. The molecule has 0 N–H and O–H groups in total. The standard InChI is InChI=1S/C20H21ClN4O2/c1-24-18(8-9-23-24)20(26)25-10-2-3-15(13-25)19-22-12-17(27-19)11-14-4-6-16(21)7-5-14/h4-9,12,15H,2-3,10-11,13H2,1H3. The molecule has 1 atom stereocenters. The second kappa shape index (κ2) is 7.56. The number of hydrogen-bond acceptors (Lipinski definition) is 4. The maximum absolute atomic E-state index is 12.7. The van der Waals surface area contributed by atoms with Gasteiger partial charge in [-0.2, -0.15) is 5.10 Å². The van der Waals surface area contributed by atoms with Gasteiger partial charge in [-0.25, -0.2) is 4.98 Å². The maximum atomic E-state index is 12.7. The summed E-state index contributed by atoms with van der Waals surface area (Å²) in [6, 6.07) is 9.47. The minimum atomic E-state index is 0.00708. The van der Waals surface area contributed by atoms with Crippen LogP contribution in [-0.2, 0) is 13.5 Å². The number of nitrogens with zero attached hydrogens (tertiary/aromatic N) is 4. The highest BCUT2D eigenvalue weighted by Gasteiger charge is 2.29. The molecule has 1 amide bonds. The van der Waals surface area contributed by atoms with Crippen LogP contribution in [0.3, 0.4) is 0 Å². The Balaban J connectivity index is 1.44. The van der Waals surface area contributed by atoms with Crippen LogP contribution in [0.1, 0.15) is 46.5 Å². The first-order valence-electron chi connectivity index (χ1n) is 9.06. The van der Waals surface area contributed by atoms with E-state index in [1.54, 1.807) is 30.2 Å². The number of rotatable bonds is 4. The van der Waals surface area contributed by atoms with Gasteiger partial charge in [0.1, 0.15) is 11.5 Å². The fourth-order valence-electron chi connectivity index (χ4n) is 3.51. The van der Waals surface area contributed by atoms with E-state index in [1.165, 1.54) is 0 Å². The molecule has 3 heterocycles. The topological polar surface area (TPSA) is 64.2 Å². The van der Waals surface area contributed by atoms with Crippen molar-refractivity contribution < 1.29 is 9.21 Å². The summed E-state index contributed by atoms with van der Waals surface area (Å²) < 4.78 is 7.61. The third-order valence-corrected chi connectivity index (χ3v) is 5.21. The minimum absolute atomic E-state index is 0.00708. The molecule has 1 unspecified atom stereocenters. The van der Waals surface area contributed by atoms with Crippen molar-refractivity contribution in [2.45, 2.75) is 25.2 Å². The van der Waals surface area contributed by atoms with E-state index in [-0.39, 0.29) is 11.8 Å². The van der Waals surface area contributed by atoms with Gasteiger partial charge in [-0.15, -0.1) is 0 Å². The number of aromatic nitrogens is 3. The highest BCUT2D eigenvalue weighted by atomic mass is 35.5. The van der Waals surface area contributed by atoms with Crippen LogP contribution in [-0.4, -0.2) is 38.7 Å². The summed E-state index contributed by atoms with van der Waals surface area (Å²) in [4.78, 5) is 19.1. The van der Waals surface area contributed by atoms with E-state index in [0.29, 0.717) is 24.6 Å². The monoisotopic (exact) mass is 384 g/mol. The highest BCUT2D eigenvalue weighted by Crippen LogP contribution is 2.28. The molecular weight excluding hydrogens is 364 g/mol. The van der Waals surface area contributed by atoms with Crippen LogP contribution in [0, 0.1) is 0 Å². The van der Waals surface area contributed by atoms with Crippen LogP contribution < -0.4 is 0 Å². The average molecular weight is 385 g/mol. The predicted molar refractivity (Wildman–Crippen MR) is 102 cm³/mol. The molecule has 1 aliphatic heterocycles. The van der Waals surface area contributed by atoms with E-state index in [1.807, 2.05) is 29.2 Å². The summed E-state index contributed by atoms with van der Waals surface area (Å²) in [5, 5.41) is 4.81. The molecule has 0 spiro atoms. The molecule has 1 saturated heterocycles. The zero-order chi connectivity index (χ0) is 18.8. The Hall–Kier alpha value is -2.60. The SMILES string of the molecule is Cn1nccc1C(=O)N1CCCC(c2ncc(Cc3ccc(Cl)cc3)o2)C1. The fraction of sp³-hybridized carbons (Fsp3) is 0.350. The molecule has 140 valence electrons. The number of hydrogen-bond donors (Lipinski definition) is 0. The van der Waals surface area contributed by atoms with Crippen molar-refractivity contribution in [3.8, 4) is 0 Å². The molecule has 2 aromatic heterocycles. The third-order valence-electron chi connectivity index (χ3n) is 4.96. The third kappa shape index (κ3) is 3.90. The molecule has 6 nitrogen and oxygen atoms in total. The lowest BCUT2D eigenvalue weighted by atomic mass is 9.97.